The molecule has 4 heteroatoms. The van der Waals surface area contributed by atoms with Gasteiger partial charge in [0.2, 0.25) is 0 Å². The van der Waals surface area contributed by atoms with Crippen molar-refractivity contribution in [1.29, 1.82) is 0 Å². The van der Waals surface area contributed by atoms with Gasteiger partial charge in [0.25, 0.3) is 5.91 Å². The number of carbonyl (C=O) groups is 1. The number of thiophene rings is 1. The summed E-state index contributed by atoms with van der Waals surface area (Å²) >= 11 is 7.16. The van der Waals surface area contributed by atoms with E-state index in [0.29, 0.717) is 9.21 Å². The minimum absolute atomic E-state index is 0.0903. The number of nitrogens with one attached hydrogen (secondary N) is 1. The van der Waals surface area contributed by atoms with Gasteiger partial charge in [-0.25, -0.2) is 0 Å². The van der Waals surface area contributed by atoms with Gasteiger partial charge in [0.15, 0.2) is 0 Å². The molecule has 0 radical (unpaired) electrons. The molecule has 0 aliphatic carbocycles. The second-order valence-electron chi connectivity index (χ2n) is 4.22. The second kappa shape index (κ2) is 6.22. The van der Waals surface area contributed by atoms with Crippen LogP contribution in [0.25, 0.3) is 0 Å². The maximum atomic E-state index is 12.2. The zero-order chi connectivity index (χ0) is 13.8. The lowest BCUT2D eigenvalue weighted by Crippen LogP contribution is -2.13. The first-order valence-electron chi connectivity index (χ1n) is 6.33. The summed E-state index contributed by atoms with van der Waals surface area (Å²) in [6, 6.07) is 9.64. The van der Waals surface area contributed by atoms with Crippen LogP contribution in [0.2, 0.25) is 4.34 Å². The average molecular weight is 294 g/mol. The first-order chi connectivity index (χ1) is 9.15. The topological polar surface area (TPSA) is 29.1 Å². The number of carbonyl (C=O) groups excluding carboxylic acids is 1. The number of para-hydroxylation sites is 1. The summed E-state index contributed by atoms with van der Waals surface area (Å²) in [5.74, 6) is -0.0903. The lowest BCUT2D eigenvalue weighted by molar-refractivity contribution is 0.103. The lowest BCUT2D eigenvalue weighted by atomic mass is 10.0. The molecule has 1 amide bonds. The third kappa shape index (κ3) is 3.17. The molecule has 0 bridgehead atoms. The van der Waals surface area contributed by atoms with Gasteiger partial charge >= 0.3 is 0 Å². The van der Waals surface area contributed by atoms with Crippen molar-refractivity contribution < 1.29 is 4.79 Å². The normalized spacial score (nSPS) is 10.5. The summed E-state index contributed by atoms with van der Waals surface area (Å²) in [5, 5.41) is 3.02. The van der Waals surface area contributed by atoms with Gasteiger partial charge in [-0.15, -0.1) is 11.3 Å². The predicted molar refractivity (Wildman–Crippen MR) is 82.5 cm³/mol. The fourth-order valence-electron chi connectivity index (χ4n) is 2.01. The summed E-state index contributed by atoms with van der Waals surface area (Å²) in [5.41, 5.74) is 3.27. The van der Waals surface area contributed by atoms with Crippen molar-refractivity contribution in [2.75, 3.05) is 5.32 Å². The Morgan fingerprint density at radius 1 is 1.16 bits per heavy atom. The van der Waals surface area contributed by atoms with Crippen molar-refractivity contribution in [2.45, 2.75) is 26.7 Å². The van der Waals surface area contributed by atoms with Gasteiger partial charge in [0.1, 0.15) is 0 Å². The minimum atomic E-state index is -0.0903. The molecule has 2 rings (SSSR count). The molecule has 0 atom stereocenters. The smallest absolute Gasteiger partial charge is 0.265 e. The molecule has 1 aromatic heterocycles. The molecule has 1 heterocycles. The Balaban J connectivity index is 2.30. The maximum absolute atomic E-state index is 12.2. The summed E-state index contributed by atoms with van der Waals surface area (Å²) in [7, 11) is 0. The highest BCUT2D eigenvalue weighted by molar-refractivity contribution is 7.18. The first kappa shape index (κ1) is 14.1. The third-order valence-electron chi connectivity index (χ3n) is 3.03. The van der Waals surface area contributed by atoms with E-state index >= 15 is 0 Å². The summed E-state index contributed by atoms with van der Waals surface area (Å²) in [6.45, 7) is 4.18. The lowest BCUT2D eigenvalue weighted by Gasteiger charge is -2.13. The molecule has 0 aliphatic heterocycles. The Morgan fingerprint density at radius 3 is 2.26 bits per heavy atom. The fourth-order valence-corrected chi connectivity index (χ4v) is 2.95. The van der Waals surface area contributed by atoms with Gasteiger partial charge in [0, 0.05) is 5.69 Å². The van der Waals surface area contributed by atoms with Crippen molar-refractivity contribution >= 4 is 34.5 Å². The maximum Gasteiger partial charge on any atom is 0.265 e. The molecule has 0 spiro atoms. The number of amides is 1. The number of anilines is 1. The monoisotopic (exact) mass is 293 g/mol. The van der Waals surface area contributed by atoms with E-state index < -0.39 is 0 Å². The SMILES string of the molecule is CCc1cccc(CC)c1NC(=O)c1ccc(Cl)s1. The highest BCUT2D eigenvalue weighted by Crippen LogP contribution is 2.26. The third-order valence-corrected chi connectivity index (χ3v) is 4.26. The van der Waals surface area contributed by atoms with Crippen molar-refractivity contribution in [3.8, 4) is 0 Å². The Morgan fingerprint density at radius 2 is 1.79 bits per heavy atom. The zero-order valence-corrected chi connectivity index (χ0v) is 12.6. The van der Waals surface area contributed by atoms with E-state index in [9.17, 15) is 4.79 Å². The van der Waals surface area contributed by atoms with Crippen LogP contribution in [-0.2, 0) is 12.8 Å². The van der Waals surface area contributed by atoms with Crippen LogP contribution < -0.4 is 5.32 Å². The number of hydrogen-bond donors (Lipinski definition) is 1. The molecule has 0 unspecified atom stereocenters. The van der Waals surface area contributed by atoms with E-state index in [1.54, 1.807) is 12.1 Å². The van der Waals surface area contributed by atoms with E-state index in [0.717, 1.165) is 29.7 Å². The molecule has 1 aromatic carbocycles. The highest BCUT2D eigenvalue weighted by Gasteiger charge is 2.13. The van der Waals surface area contributed by atoms with E-state index in [1.165, 1.54) is 11.3 Å². The van der Waals surface area contributed by atoms with Crippen LogP contribution in [0.1, 0.15) is 34.6 Å². The number of benzene rings is 1. The van der Waals surface area contributed by atoms with Gasteiger partial charge in [-0.3, -0.25) is 4.79 Å². The first-order valence-corrected chi connectivity index (χ1v) is 7.52. The van der Waals surface area contributed by atoms with E-state index in [4.69, 9.17) is 11.6 Å². The summed E-state index contributed by atoms with van der Waals surface area (Å²) in [6.07, 6.45) is 1.79. The van der Waals surface area contributed by atoms with E-state index in [2.05, 4.69) is 31.3 Å². The van der Waals surface area contributed by atoms with Crippen LogP contribution in [0.5, 0.6) is 0 Å². The Labute approximate surface area is 122 Å². The molecule has 2 nitrogen and oxygen atoms in total. The van der Waals surface area contributed by atoms with Crippen LogP contribution in [0.4, 0.5) is 5.69 Å². The molecule has 19 heavy (non-hydrogen) atoms. The van der Waals surface area contributed by atoms with Gasteiger partial charge in [-0.2, -0.15) is 0 Å². The Hall–Kier alpha value is -1.32. The molecule has 1 N–H and O–H groups in total. The highest BCUT2D eigenvalue weighted by atomic mass is 35.5. The standard InChI is InChI=1S/C15H16ClNOS/c1-3-10-6-5-7-11(4-2)14(10)17-15(18)12-8-9-13(16)19-12/h5-9H,3-4H2,1-2H3,(H,17,18). The van der Waals surface area contributed by atoms with E-state index in [1.807, 2.05) is 6.07 Å². The van der Waals surface area contributed by atoms with Crippen molar-refractivity contribution in [2.24, 2.45) is 0 Å². The molecule has 0 saturated carbocycles. The van der Waals surface area contributed by atoms with Crippen LogP contribution in [0.15, 0.2) is 30.3 Å². The molecule has 0 saturated heterocycles. The largest absolute Gasteiger partial charge is 0.321 e. The number of hydrogen-bond acceptors (Lipinski definition) is 2. The van der Waals surface area contributed by atoms with Gasteiger partial charge < -0.3 is 5.32 Å². The molecule has 100 valence electrons. The van der Waals surface area contributed by atoms with Gasteiger partial charge in [-0.1, -0.05) is 43.6 Å². The number of rotatable bonds is 4. The van der Waals surface area contributed by atoms with Gasteiger partial charge in [-0.05, 0) is 36.1 Å². The van der Waals surface area contributed by atoms with E-state index in [-0.39, 0.29) is 5.91 Å². The fraction of sp³-hybridized carbons (Fsp3) is 0.267. The molecule has 0 fully saturated rings. The molecular formula is C15H16ClNOS. The Bertz CT molecular complexity index is 569. The number of aryl methyl sites for hydroxylation is 2. The van der Waals surface area contributed by atoms with Crippen molar-refractivity contribution in [1.82, 2.24) is 0 Å². The molecule has 0 aliphatic rings. The van der Waals surface area contributed by atoms with Crippen molar-refractivity contribution in [3.05, 3.63) is 50.7 Å². The number of halogens is 1. The summed E-state index contributed by atoms with van der Waals surface area (Å²) in [4.78, 5) is 12.8. The van der Waals surface area contributed by atoms with Crippen LogP contribution in [0.3, 0.4) is 0 Å². The molecule has 2 aromatic rings. The Kier molecular flexibility index (Phi) is 4.61. The summed E-state index contributed by atoms with van der Waals surface area (Å²) < 4.78 is 0.629. The van der Waals surface area contributed by atoms with Crippen molar-refractivity contribution in [3.63, 3.8) is 0 Å². The predicted octanol–water partition coefficient (Wildman–Crippen LogP) is 4.78. The van der Waals surface area contributed by atoms with Crippen LogP contribution in [-0.4, -0.2) is 5.91 Å². The van der Waals surface area contributed by atoms with Crippen LogP contribution in [0, 0.1) is 0 Å². The average Bonchev–Trinajstić information content (AvgIpc) is 2.85. The van der Waals surface area contributed by atoms with Crippen LogP contribution >= 0.6 is 22.9 Å². The van der Waals surface area contributed by atoms with Gasteiger partial charge in [0.05, 0.1) is 9.21 Å². The zero-order valence-electron chi connectivity index (χ0n) is 11.0. The molecular weight excluding hydrogens is 278 g/mol. The second-order valence-corrected chi connectivity index (χ2v) is 5.93. The quantitative estimate of drug-likeness (QED) is 0.863. The minimum Gasteiger partial charge on any atom is -0.321 e.